The van der Waals surface area contributed by atoms with Gasteiger partial charge < -0.3 is 29.7 Å². The fraction of sp³-hybridized carbons (Fsp3) is 0.619. The zero-order valence-corrected chi connectivity index (χ0v) is 16.9. The molecule has 3 amide bonds. The molecule has 3 aliphatic heterocycles. The Morgan fingerprint density at radius 1 is 1.14 bits per heavy atom. The van der Waals surface area contributed by atoms with Crippen LogP contribution in [0.3, 0.4) is 0 Å². The van der Waals surface area contributed by atoms with Crippen LogP contribution in [0.25, 0.3) is 0 Å². The molecule has 1 unspecified atom stereocenters. The third-order valence-electron chi connectivity index (χ3n) is 6.10. The molecule has 0 radical (unpaired) electrons. The molecular weight excluding hydrogens is 374 g/mol. The number of benzene rings is 1. The molecule has 2 fully saturated rings. The van der Waals surface area contributed by atoms with Crippen molar-refractivity contribution in [2.45, 2.75) is 37.7 Å². The van der Waals surface area contributed by atoms with Gasteiger partial charge in [-0.25, -0.2) is 4.79 Å². The minimum absolute atomic E-state index is 0.0864. The molecule has 1 aromatic rings. The molecule has 0 aromatic heterocycles. The molecule has 0 saturated carbocycles. The maximum Gasteiger partial charge on any atom is 0.321 e. The van der Waals surface area contributed by atoms with Gasteiger partial charge in [0, 0.05) is 44.9 Å². The maximum atomic E-state index is 12.7. The SMILES string of the molecule is CNC(=O)CC1CCOC2(CCN(C(=O)Nc3ccc4c(c3)OCCO4)CC2)C1. The smallest absolute Gasteiger partial charge is 0.321 e. The molecule has 2 saturated heterocycles. The van der Waals surface area contributed by atoms with E-state index in [2.05, 4.69) is 10.6 Å². The number of carbonyl (C=O) groups excluding carboxylic acids is 2. The van der Waals surface area contributed by atoms with Crippen LogP contribution in [0.4, 0.5) is 10.5 Å². The highest BCUT2D eigenvalue weighted by Crippen LogP contribution is 2.39. The summed E-state index contributed by atoms with van der Waals surface area (Å²) in [7, 11) is 1.68. The summed E-state index contributed by atoms with van der Waals surface area (Å²) in [4.78, 5) is 26.3. The van der Waals surface area contributed by atoms with E-state index in [4.69, 9.17) is 14.2 Å². The van der Waals surface area contributed by atoms with E-state index >= 15 is 0 Å². The third-order valence-corrected chi connectivity index (χ3v) is 6.10. The number of anilines is 1. The third kappa shape index (κ3) is 4.58. The van der Waals surface area contributed by atoms with Crippen molar-refractivity contribution in [2.24, 2.45) is 5.92 Å². The van der Waals surface area contributed by atoms with Gasteiger partial charge in [0.05, 0.1) is 5.60 Å². The molecule has 1 aromatic carbocycles. The van der Waals surface area contributed by atoms with Crippen molar-refractivity contribution in [1.29, 1.82) is 0 Å². The van der Waals surface area contributed by atoms with Gasteiger partial charge in [-0.05, 0) is 43.7 Å². The number of rotatable bonds is 3. The van der Waals surface area contributed by atoms with E-state index in [9.17, 15) is 9.59 Å². The molecule has 1 spiro atoms. The minimum Gasteiger partial charge on any atom is -0.486 e. The largest absolute Gasteiger partial charge is 0.486 e. The lowest BCUT2D eigenvalue weighted by atomic mass is 9.78. The van der Waals surface area contributed by atoms with Gasteiger partial charge in [-0.2, -0.15) is 0 Å². The number of piperidine rings is 1. The van der Waals surface area contributed by atoms with E-state index in [1.54, 1.807) is 13.1 Å². The van der Waals surface area contributed by atoms with Crippen molar-refractivity contribution in [3.05, 3.63) is 18.2 Å². The first-order chi connectivity index (χ1) is 14.1. The van der Waals surface area contributed by atoms with Gasteiger partial charge in [-0.3, -0.25) is 4.79 Å². The van der Waals surface area contributed by atoms with E-state index in [0.717, 1.165) is 25.7 Å². The number of hydrogen-bond acceptors (Lipinski definition) is 5. The Hall–Kier alpha value is -2.48. The lowest BCUT2D eigenvalue weighted by Crippen LogP contribution is -2.51. The van der Waals surface area contributed by atoms with Gasteiger partial charge >= 0.3 is 6.03 Å². The van der Waals surface area contributed by atoms with Gasteiger partial charge in [-0.15, -0.1) is 0 Å². The zero-order chi connectivity index (χ0) is 20.3. The molecule has 1 atom stereocenters. The van der Waals surface area contributed by atoms with Crippen LogP contribution in [0.5, 0.6) is 11.5 Å². The van der Waals surface area contributed by atoms with Crippen LogP contribution in [-0.4, -0.2) is 62.4 Å². The Morgan fingerprint density at radius 3 is 2.66 bits per heavy atom. The lowest BCUT2D eigenvalue weighted by molar-refractivity contribution is -0.133. The number of nitrogens with zero attached hydrogens (tertiary/aromatic N) is 1. The van der Waals surface area contributed by atoms with Crippen LogP contribution in [0.2, 0.25) is 0 Å². The van der Waals surface area contributed by atoms with E-state index in [-0.39, 0.29) is 17.5 Å². The number of amides is 3. The van der Waals surface area contributed by atoms with Crippen molar-refractivity contribution in [1.82, 2.24) is 10.2 Å². The van der Waals surface area contributed by atoms with Gasteiger partial charge in [0.15, 0.2) is 11.5 Å². The van der Waals surface area contributed by atoms with Crippen LogP contribution in [-0.2, 0) is 9.53 Å². The summed E-state index contributed by atoms with van der Waals surface area (Å²) in [5.74, 6) is 1.80. The second kappa shape index (κ2) is 8.49. The minimum atomic E-state index is -0.204. The highest BCUT2D eigenvalue weighted by atomic mass is 16.6. The number of nitrogens with one attached hydrogen (secondary N) is 2. The van der Waals surface area contributed by atoms with Crippen LogP contribution in [0.1, 0.15) is 32.1 Å². The molecule has 3 aliphatic rings. The Morgan fingerprint density at radius 2 is 1.90 bits per heavy atom. The van der Waals surface area contributed by atoms with E-state index < -0.39 is 0 Å². The molecule has 8 nitrogen and oxygen atoms in total. The second-order valence-corrected chi connectivity index (χ2v) is 8.04. The standard InChI is InChI=1S/C21H29N3O5/c1-22-19(25)12-15-4-9-29-21(14-15)5-7-24(8-6-21)20(26)23-16-2-3-17-18(13-16)28-11-10-27-17/h2-3,13,15H,4-12,14H2,1H3,(H,22,25)(H,23,26). The quantitative estimate of drug-likeness (QED) is 0.809. The zero-order valence-electron chi connectivity index (χ0n) is 16.9. The van der Waals surface area contributed by atoms with Crippen molar-refractivity contribution in [2.75, 3.05) is 45.3 Å². The fourth-order valence-electron chi connectivity index (χ4n) is 4.46. The van der Waals surface area contributed by atoms with Crippen LogP contribution in [0, 0.1) is 5.92 Å². The van der Waals surface area contributed by atoms with Crippen LogP contribution in [0.15, 0.2) is 18.2 Å². The molecule has 29 heavy (non-hydrogen) atoms. The highest BCUT2D eigenvalue weighted by Gasteiger charge is 2.41. The van der Waals surface area contributed by atoms with Crippen molar-refractivity contribution < 1.29 is 23.8 Å². The predicted molar refractivity (Wildman–Crippen MR) is 107 cm³/mol. The normalized spacial score (nSPS) is 22.8. The monoisotopic (exact) mass is 403 g/mol. The summed E-state index contributed by atoms with van der Waals surface area (Å²) in [5, 5.41) is 5.66. The Kier molecular flexibility index (Phi) is 5.80. The molecule has 8 heteroatoms. The molecule has 3 heterocycles. The van der Waals surface area contributed by atoms with Gasteiger partial charge in [0.2, 0.25) is 5.91 Å². The van der Waals surface area contributed by atoms with Crippen LogP contribution < -0.4 is 20.1 Å². The first-order valence-corrected chi connectivity index (χ1v) is 10.4. The summed E-state index contributed by atoms with van der Waals surface area (Å²) >= 11 is 0. The fourth-order valence-corrected chi connectivity index (χ4v) is 4.46. The van der Waals surface area contributed by atoms with E-state index in [1.807, 2.05) is 17.0 Å². The molecule has 4 rings (SSSR count). The summed E-state index contributed by atoms with van der Waals surface area (Å²) in [6.07, 6.45) is 3.95. The summed E-state index contributed by atoms with van der Waals surface area (Å²) in [6, 6.07) is 5.32. The Labute approximate surface area is 170 Å². The second-order valence-electron chi connectivity index (χ2n) is 8.04. The first kappa shape index (κ1) is 19.8. The number of fused-ring (bicyclic) bond motifs is 1. The number of ether oxygens (including phenoxy) is 3. The highest BCUT2D eigenvalue weighted by molar-refractivity contribution is 5.89. The molecule has 0 aliphatic carbocycles. The van der Waals surface area contributed by atoms with E-state index in [0.29, 0.717) is 62.4 Å². The number of urea groups is 1. The Bertz CT molecular complexity index is 761. The molecule has 158 valence electrons. The van der Waals surface area contributed by atoms with Gasteiger partial charge in [-0.1, -0.05) is 0 Å². The topological polar surface area (TPSA) is 89.1 Å². The van der Waals surface area contributed by atoms with Crippen LogP contribution >= 0.6 is 0 Å². The summed E-state index contributed by atoms with van der Waals surface area (Å²) in [6.45, 7) is 3.02. The maximum absolute atomic E-state index is 12.7. The van der Waals surface area contributed by atoms with Gasteiger partial charge in [0.1, 0.15) is 13.2 Å². The summed E-state index contributed by atoms with van der Waals surface area (Å²) < 4.78 is 17.2. The van der Waals surface area contributed by atoms with E-state index in [1.165, 1.54) is 0 Å². The van der Waals surface area contributed by atoms with Crippen molar-refractivity contribution >= 4 is 17.6 Å². The van der Waals surface area contributed by atoms with Crippen molar-refractivity contribution in [3.8, 4) is 11.5 Å². The average Bonchev–Trinajstić information content (AvgIpc) is 2.74. The predicted octanol–water partition coefficient (Wildman–Crippen LogP) is 2.39. The molecule has 2 N–H and O–H groups in total. The number of hydrogen-bond donors (Lipinski definition) is 2. The molecular formula is C21H29N3O5. The average molecular weight is 403 g/mol. The number of likely N-dealkylation sites (tertiary alicyclic amines) is 1. The lowest BCUT2D eigenvalue weighted by Gasteiger charge is -2.46. The van der Waals surface area contributed by atoms with Gasteiger partial charge in [0.25, 0.3) is 0 Å². The Balaban J connectivity index is 1.31. The number of carbonyl (C=O) groups is 2. The summed E-state index contributed by atoms with van der Waals surface area (Å²) in [5.41, 5.74) is 0.490. The van der Waals surface area contributed by atoms with Crippen molar-refractivity contribution in [3.63, 3.8) is 0 Å². The molecule has 0 bridgehead atoms. The first-order valence-electron chi connectivity index (χ1n) is 10.4.